The van der Waals surface area contributed by atoms with Gasteiger partial charge in [-0.05, 0) is 17.9 Å². The van der Waals surface area contributed by atoms with Crippen molar-refractivity contribution >= 4 is 65.2 Å². The van der Waals surface area contributed by atoms with Crippen molar-refractivity contribution in [2.75, 3.05) is 11.5 Å². The van der Waals surface area contributed by atoms with E-state index in [1.54, 1.807) is 0 Å². The summed E-state index contributed by atoms with van der Waals surface area (Å²) >= 11 is 4.89. The quantitative estimate of drug-likeness (QED) is 0.406. The zero-order valence-electron chi connectivity index (χ0n) is 6.05. The molecule has 0 amide bonds. The third kappa shape index (κ3) is 6.23. The molecule has 1 atom stereocenters. The van der Waals surface area contributed by atoms with E-state index in [0.29, 0.717) is 0 Å². The fourth-order valence-corrected chi connectivity index (χ4v) is 2.74. The maximum atomic E-state index is 5.49. The van der Waals surface area contributed by atoms with Gasteiger partial charge in [-0.25, -0.2) is 10.9 Å². The van der Waals surface area contributed by atoms with Gasteiger partial charge in [0.15, 0.2) is 0 Å². The molecule has 0 heterocycles. The molecule has 1 nitrogen and oxygen atoms in total. The zero-order chi connectivity index (χ0) is 7.28. The van der Waals surface area contributed by atoms with Crippen LogP contribution in [0.25, 0.3) is 0 Å². The molecule has 2 N–H and O–H groups in total. The Hall–Kier alpha value is 1.50. The fraction of sp³-hybridized carbons (Fsp3) is 0.833. The second-order valence-corrected chi connectivity index (χ2v) is 5.30. The molecule has 0 bridgehead atoms. The predicted molar refractivity (Wildman–Crippen MR) is 60.0 cm³/mol. The van der Waals surface area contributed by atoms with Crippen molar-refractivity contribution < 1.29 is 0 Å². The molecule has 10 heavy (non-hydrogen) atoms. The Balaban J connectivity index is 0. The van der Waals surface area contributed by atoms with Gasteiger partial charge in [0.25, 0.3) is 0 Å². The van der Waals surface area contributed by atoms with E-state index in [-0.39, 0.29) is 48.6 Å². The number of nitrogens with two attached hydrogens (primary N) is 1. The first-order valence-electron chi connectivity index (χ1n) is 3.26. The van der Waals surface area contributed by atoms with Crippen LogP contribution in [0.2, 0.25) is 0 Å². The molecular weight excluding hydrogens is 190 g/mol. The third-order valence-corrected chi connectivity index (χ3v) is 4.34. The van der Waals surface area contributed by atoms with E-state index in [1.807, 2.05) is 0 Å². The van der Waals surface area contributed by atoms with Crippen molar-refractivity contribution in [2.24, 2.45) is 5.73 Å². The van der Waals surface area contributed by atoms with Gasteiger partial charge >= 0.3 is 37.7 Å². The molecule has 4 heteroatoms. The van der Waals surface area contributed by atoms with Crippen LogP contribution in [0.15, 0.2) is 0 Å². The molecule has 1 unspecified atom stereocenters. The number of rotatable bonds is 3. The molecule has 0 aliphatic rings. The Kier molecular flexibility index (Phi) is 12.1. The summed E-state index contributed by atoms with van der Waals surface area (Å²) < 4.78 is 0.745. The molecule has 0 rings (SSSR count). The molecule has 0 fully saturated rings. The standard InChI is InChI=1S/C6H15NS2.Ca.2H/c1-3-5-9(4-2)6(7)8;;;/h9H,3-5H2,1-2H3,(H2,7,8);;;. The molecule has 0 aliphatic carbocycles. The first-order chi connectivity index (χ1) is 4.22. The van der Waals surface area contributed by atoms with E-state index < -0.39 is 0 Å². The van der Waals surface area contributed by atoms with Crippen LogP contribution < -0.4 is 5.73 Å². The minimum atomic E-state index is -0.108. The fourth-order valence-electron chi connectivity index (χ4n) is 0.694. The van der Waals surface area contributed by atoms with Gasteiger partial charge in [-0.15, -0.1) is 0 Å². The van der Waals surface area contributed by atoms with Gasteiger partial charge in [-0.3, -0.25) is 0 Å². The molecule has 0 radical (unpaired) electrons. The van der Waals surface area contributed by atoms with Gasteiger partial charge in [0, 0.05) is 0 Å². The summed E-state index contributed by atoms with van der Waals surface area (Å²) in [7, 11) is -0.108. The molecule has 0 saturated heterocycles. The Morgan fingerprint density at radius 3 is 2.10 bits per heavy atom. The Bertz CT molecular complexity index is 97.7. The van der Waals surface area contributed by atoms with E-state index in [4.69, 9.17) is 18.0 Å². The molecular formula is C6H17CaNS2. The van der Waals surface area contributed by atoms with Crippen molar-refractivity contribution in [3.05, 3.63) is 0 Å². The van der Waals surface area contributed by atoms with Crippen molar-refractivity contribution in [1.82, 2.24) is 0 Å². The number of hydrogen-bond acceptors (Lipinski definition) is 1. The van der Waals surface area contributed by atoms with Crippen LogP contribution in [-0.2, 0) is 0 Å². The summed E-state index contributed by atoms with van der Waals surface area (Å²) in [6, 6.07) is 0. The van der Waals surface area contributed by atoms with Crippen LogP contribution in [0, 0.1) is 0 Å². The molecule has 0 saturated carbocycles. The average molecular weight is 207 g/mol. The Morgan fingerprint density at radius 1 is 1.50 bits per heavy atom. The van der Waals surface area contributed by atoms with Crippen molar-refractivity contribution in [2.45, 2.75) is 20.3 Å². The number of thiocarbonyl (C=S) groups is 1. The van der Waals surface area contributed by atoms with Crippen LogP contribution in [0.4, 0.5) is 0 Å². The topological polar surface area (TPSA) is 26.0 Å². The number of thiol groups is 1. The minimum absolute atomic E-state index is 0. The first-order valence-corrected chi connectivity index (χ1v) is 5.38. The summed E-state index contributed by atoms with van der Waals surface area (Å²) in [5, 5.41) is 0. The van der Waals surface area contributed by atoms with E-state index >= 15 is 0 Å². The van der Waals surface area contributed by atoms with Gasteiger partial charge in [0.05, 0.1) is 0 Å². The average Bonchev–Trinajstić information content (AvgIpc) is 1.82. The molecule has 0 aromatic carbocycles. The van der Waals surface area contributed by atoms with Crippen LogP contribution in [0.5, 0.6) is 0 Å². The van der Waals surface area contributed by atoms with Crippen LogP contribution in [-0.4, -0.2) is 53.6 Å². The number of hydrogen-bond donors (Lipinski definition) is 2. The molecule has 0 spiro atoms. The van der Waals surface area contributed by atoms with E-state index in [0.717, 1.165) is 10.1 Å². The Morgan fingerprint density at radius 2 is 2.00 bits per heavy atom. The van der Waals surface area contributed by atoms with Gasteiger partial charge < -0.3 is 5.73 Å². The maximum absolute atomic E-state index is 5.49. The van der Waals surface area contributed by atoms with Crippen molar-refractivity contribution in [1.29, 1.82) is 0 Å². The normalized spacial score (nSPS) is 13.6. The SMILES string of the molecule is CCC[SH](CC)C(N)=S.[CaH2]. The van der Waals surface area contributed by atoms with Crippen LogP contribution >= 0.6 is 23.1 Å². The second kappa shape index (κ2) is 8.59. The van der Waals surface area contributed by atoms with Crippen LogP contribution in [0.1, 0.15) is 20.3 Å². The summed E-state index contributed by atoms with van der Waals surface area (Å²) in [5.41, 5.74) is 5.49. The van der Waals surface area contributed by atoms with Gasteiger partial charge in [-0.1, -0.05) is 26.1 Å². The van der Waals surface area contributed by atoms with E-state index in [2.05, 4.69) is 13.8 Å². The summed E-state index contributed by atoms with van der Waals surface area (Å²) in [6.07, 6.45) is 1.21. The van der Waals surface area contributed by atoms with E-state index in [9.17, 15) is 0 Å². The predicted octanol–water partition coefficient (Wildman–Crippen LogP) is 0.745. The van der Waals surface area contributed by atoms with E-state index in [1.165, 1.54) is 12.2 Å². The monoisotopic (exact) mass is 207 g/mol. The van der Waals surface area contributed by atoms with Crippen molar-refractivity contribution in [3.63, 3.8) is 0 Å². The molecule has 60 valence electrons. The molecule has 0 aromatic rings. The summed E-state index contributed by atoms with van der Waals surface area (Å²) in [6.45, 7) is 4.32. The molecule has 0 aromatic heterocycles. The second-order valence-electron chi connectivity index (χ2n) is 1.92. The molecule has 0 aliphatic heterocycles. The van der Waals surface area contributed by atoms with Gasteiger partial charge in [0.1, 0.15) is 4.32 Å². The van der Waals surface area contributed by atoms with Gasteiger partial charge in [-0.2, -0.15) is 0 Å². The van der Waals surface area contributed by atoms with Gasteiger partial charge in [0.2, 0.25) is 0 Å². The third-order valence-electron chi connectivity index (χ3n) is 1.19. The zero-order valence-corrected chi connectivity index (χ0v) is 7.77. The summed E-state index contributed by atoms with van der Waals surface area (Å²) in [5.74, 6) is 2.36. The Labute approximate surface area is 101 Å². The van der Waals surface area contributed by atoms with Crippen LogP contribution in [0.3, 0.4) is 0 Å². The van der Waals surface area contributed by atoms with Crippen molar-refractivity contribution in [3.8, 4) is 0 Å². The summed E-state index contributed by atoms with van der Waals surface area (Å²) in [4.78, 5) is 0. The first kappa shape index (κ1) is 14.0.